The minimum Gasteiger partial charge on any atom is -0.454 e. The first-order valence-corrected chi connectivity index (χ1v) is 9.75. The van der Waals surface area contributed by atoms with Crippen molar-refractivity contribution in [1.82, 2.24) is 10.2 Å². The van der Waals surface area contributed by atoms with Crippen LogP contribution in [0.25, 0.3) is 0 Å². The molecule has 2 aliphatic heterocycles. The van der Waals surface area contributed by atoms with Crippen LogP contribution in [0.1, 0.15) is 31.7 Å². The second kappa shape index (κ2) is 10.4. The summed E-state index contributed by atoms with van der Waals surface area (Å²) in [6.45, 7) is 5.37. The number of amides is 1. The Morgan fingerprint density at radius 3 is 3.00 bits per heavy atom. The molecule has 2 heterocycles. The van der Waals surface area contributed by atoms with Crippen molar-refractivity contribution in [3.05, 3.63) is 22.2 Å². The number of ether oxygens (including phenoxy) is 2. The maximum absolute atomic E-state index is 11.2. The van der Waals surface area contributed by atoms with E-state index in [1.165, 1.54) is 0 Å². The normalized spacial score (nSPS) is 18.8. The van der Waals surface area contributed by atoms with Gasteiger partial charge in [0, 0.05) is 26.1 Å². The Morgan fingerprint density at radius 1 is 1.44 bits per heavy atom. The molecule has 0 radical (unpaired) electrons. The number of carbonyl (C=O) groups is 1. The monoisotopic (exact) mass is 552 g/mol. The van der Waals surface area contributed by atoms with Gasteiger partial charge < -0.3 is 25.4 Å². The minimum atomic E-state index is -0.232. The summed E-state index contributed by atoms with van der Waals surface area (Å²) in [5, 5.41) is 3.36. The number of fused-ring (bicyclic) bond motifs is 1. The Labute approximate surface area is 185 Å². The molecule has 0 aromatic heterocycles. The van der Waals surface area contributed by atoms with E-state index >= 15 is 0 Å². The number of likely N-dealkylation sites (tertiary alicyclic amines) is 1. The first kappa shape index (κ1) is 22.1. The molecule has 3 rings (SSSR count). The third-order valence-electron chi connectivity index (χ3n) is 4.54. The molecule has 1 saturated heterocycles. The lowest BCUT2D eigenvalue weighted by atomic mass is 9.95. The van der Waals surface area contributed by atoms with Gasteiger partial charge in [0.05, 0.1) is 11.0 Å². The zero-order chi connectivity index (χ0) is 18.5. The Balaban J connectivity index is 0.00000261. The van der Waals surface area contributed by atoms with E-state index < -0.39 is 0 Å². The van der Waals surface area contributed by atoms with Gasteiger partial charge in [-0.1, -0.05) is 0 Å². The Hall–Kier alpha value is -1.23. The summed E-state index contributed by atoms with van der Waals surface area (Å²) in [6, 6.07) is 3.97. The number of rotatable bonds is 5. The number of hydrogen-bond donors (Lipinski definition) is 2. The number of carbonyl (C=O) groups excluding carboxylic acids is 1. The highest BCUT2D eigenvalue weighted by Crippen LogP contribution is 2.40. The summed E-state index contributed by atoms with van der Waals surface area (Å²) in [4.78, 5) is 18.2. The molecular weight excluding hydrogens is 527 g/mol. The van der Waals surface area contributed by atoms with Crippen molar-refractivity contribution in [2.45, 2.75) is 32.7 Å². The number of guanidine groups is 1. The van der Waals surface area contributed by atoms with Gasteiger partial charge in [0.2, 0.25) is 12.7 Å². The summed E-state index contributed by atoms with van der Waals surface area (Å²) < 4.78 is 11.8. The van der Waals surface area contributed by atoms with Crippen LogP contribution < -0.4 is 20.5 Å². The van der Waals surface area contributed by atoms with Gasteiger partial charge in [-0.2, -0.15) is 0 Å². The molecule has 1 unspecified atom stereocenters. The molecular formula is C18H26BrIN4O3. The average molecular weight is 553 g/mol. The third-order valence-corrected chi connectivity index (χ3v) is 5.13. The van der Waals surface area contributed by atoms with E-state index in [4.69, 9.17) is 20.2 Å². The van der Waals surface area contributed by atoms with Crippen LogP contribution in [-0.4, -0.2) is 43.2 Å². The van der Waals surface area contributed by atoms with Crippen molar-refractivity contribution in [2.24, 2.45) is 16.6 Å². The van der Waals surface area contributed by atoms with Crippen LogP contribution in [0.15, 0.2) is 21.6 Å². The highest BCUT2D eigenvalue weighted by atomic mass is 127. The van der Waals surface area contributed by atoms with Crippen LogP contribution in [0.4, 0.5) is 0 Å². The minimum absolute atomic E-state index is 0. The molecule has 1 amide bonds. The zero-order valence-electron chi connectivity index (χ0n) is 15.4. The van der Waals surface area contributed by atoms with Gasteiger partial charge in [0.1, 0.15) is 0 Å². The maximum Gasteiger partial charge on any atom is 0.231 e. The first-order valence-electron chi connectivity index (χ1n) is 8.96. The van der Waals surface area contributed by atoms with Crippen molar-refractivity contribution in [3.8, 4) is 11.5 Å². The lowest BCUT2D eigenvalue weighted by molar-refractivity contribution is -0.119. The number of nitrogens with one attached hydrogen (secondary N) is 1. The molecule has 1 aromatic rings. The highest BCUT2D eigenvalue weighted by Gasteiger charge is 2.24. The molecule has 0 aliphatic carbocycles. The van der Waals surface area contributed by atoms with E-state index in [0.717, 1.165) is 60.0 Å². The van der Waals surface area contributed by atoms with Crippen molar-refractivity contribution in [1.29, 1.82) is 0 Å². The standard InChI is InChI=1S/C18H25BrN4O3.HI/c1-2-21-18(23-5-3-4-12(10-23)8-16(20)24)22-9-13-6-14(19)17-15(7-13)25-11-26-17;/h6-7,12H,2-5,8-11H2,1H3,(H2,20,24)(H,21,22);1H. The average Bonchev–Trinajstić information content (AvgIpc) is 3.07. The molecule has 3 N–H and O–H groups in total. The van der Waals surface area contributed by atoms with Crippen molar-refractivity contribution < 1.29 is 14.3 Å². The van der Waals surface area contributed by atoms with Crippen molar-refractivity contribution >= 4 is 51.8 Å². The molecule has 27 heavy (non-hydrogen) atoms. The van der Waals surface area contributed by atoms with Gasteiger partial charge in [0.15, 0.2) is 17.5 Å². The lowest BCUT2D eigenvalue weighted by Gasteiger charge is -2.34. The molecule has 0 spiro atoms. The summed E-state index contributed by atoms with van der Waals surface area (Å²) in [7, 11) is 0. The number of nitrogens with zero attached hydrogens (tertiary/aromatic N) is 2. The number of nitrogens with two attached hydrogens (primary N) is 1. The fourth-order valence-corrected chi connectivity index (χ4v) is 4.02. The van der Waals surface area contributed by atoms with Crippen LogP contribution in [0.2, 0.25) is 0 Å². The molecule has 2 aliphatic rings. The van der Waals surface area contributed by atoms with E-state index in [-0.39, 0.29) is 36.7 Å². The van der Waals surface area contributed by atoms with E-state index in [1.807, 2.05) is 12.1 Å². The largest absolute Gasteiger partial charge is 0.454 e. The molecule has 9 heteroatoms. The second-order valence-electron chi connectivity index (χ2n) is 6.61. The summed E-state index contributed by atoms with van der Waals surface area (Å²) >= 11 is 3.52. The summed E-state index contributed by atoms with van der Waals surface area (Å²) in [5.74, 6) is 2.42. The number of primary amides is 1. The van der Waals surface area contributed by atoms with Gasteiger partial charge in [-0.3, -0.25) is 4.79 Å². The molecule has 1 aromatic carbocycles. The smallest absolute Gasteiger partial charge is 0.231 e. The fraction of sp³-hybridized carbons (Fsp3) is 0.556. The predicted octanol–water partition coefficient (Wildman–Crippen LogP) is 2.85. The van der Waals surface area contributed by atoms with E-state index in [1.54, 1.807) is 0 Å². The molecule has 1 fully saturated rings. The van der Waals surface area contributed by atoms with Gasteiger partial charge in [0.25, 0.3) is 0 Å². The van der Waals surface area contributed by atoms with Gasteiger partial charge in [-0.05, 0) is 59.3 Å². The second-order valence-corrected chi connectivity index (χ2v) is 7.46. The van der Waals surface area contributed by atoms with E-state index in [2.05, 4.69) is 33.1 Å². The van der Waals surface area contributed by atoms with Crippen LogP contribution in [0, 0.1) is 5.92 Å². The lowest BCUT2D eigenvalue weighted by Crippen LogP contribution is -2.47. The molecule has 0 saturated carbocycles. The van der Waals surface area contributed by atoms with Gasteiger partial charge >= 0.3 is 0 Å². The van der Waals surface area contributed by atoms with Gasteiger partial charge in [-0.25, -0.2) is 4.99 Å². The quantitative estimate of drug-likeness (QED) is 0.333. The number of halogens is 2. The van der Waals surface area contributed by atoms with Crippen LogP contribution >= 0.6 is 39.9 Å². The number of hydrogen-bond acceptors (Lipinski definition) is 4. The number of piperidine rings is 1. The van der Waals surface area contributed by atoms with Gasteiger partial charge in [-0.15, -0.1) is 24.0 Å². The van der Waals surface area contributed by atoms with Crippen LogP contribution in [0.5, 0.6) is 11.5 Å². The van der Waals surface area contributed by atoms with E-state index in [9.17, 15) is 4.79 Å². The highest BCUT2D eigenvalue weighted by molar-refractivity contribution is 14.0. The fourth-order valence-electron chi connectivity index (χ4n) is 3.41. The van der Waals surface area contributed by atoms with E-state index in [0.29, 0.717) is 18.9 Å². The van der Waals surface area contributed by atoms with Crippen LogP contribution in [-0.2, 0) is 11.3 Å². The topological polar surface area (TPSA) is 89.2 Å². The summed E-state index contributed by atoms with van der Waals surface area (Å²) in [6.07, 6.45) is 2.51. The molecule has 1 atom stereocenters. The van der Waals surface area contributed by atoms with Crippen molar-refractivity contribution in [3.63, 3.8) is 0 Å². The zero-order valence-corrected chi connectivity index (χ0v) is 19.3. The third kappa shape index (κ3) is 5.87. The first-order chi connectivity index (χ1) is 12.6. The van der Waals surface area contributed by atoms with Crippen molar-refractivity contribution in [2.75, 3.05) is 26.4 Å². The Kier molecular flexibility index (Phi) is 8.46. The Bertz CT molecular complexity index is 701. The maximum atomic E-state index is 11.2. The SMILES string of the molecule is CCNC(=NCc1cc(Br)c2c(c1)OCO2)N1CCCC(CC(N)=O)C1.I. The predicted molar refractivity (Wildman–Crippen MR) is 119 cm³/mol. The summed E-state index contributed by atoms with van der Waals surface area (Å²) in [5.41, 5.74) is 6.41. The molecule has 150 valence electrons. The number of aliphatic imine (C=N–C) groups is 1. The van der Waals surface area contributed by atoms with Crippen LogP contribution in [0.3, 0.4) is 0 Å². The number of benzene rings is 1. The Morgan fingerprint density at radius 2 is 2.26 bits per heavy atom. The molecule has 0 bridgehead atoms. The molecule has 7 nitrogen and oxygen atoms in total.